The maximum Gasteiger partial charge on any atom is 0.472 e. The molecule has 0 bridgehead atoms. The number of rotatable bonds is 36. The van der Waals surface area contributed by atoms with Crippen LogP contribution in [-0.4, -0.2) is 148 Å². The summed E-state index contributed by atoms with van der Waals surface area (Å²) in [5.41, 5.74) is 2.54. The van der Waals surface area contributed by atoms with Crippen LogP contribution in [0.15, 0.2) is 0 Å². The fourth-order valence-corrected chi connectivity index (χ4v) is 5.41. The van der Waals surface area contributed by atoms with Gasteiger partial charge in [-0.1, -0.05) is 0 Å². The second-order valence-electron chi connectivity index (χ2n) is 9.16. The molecule has 0 amide bonds. The molecule has 8 N–H and O–H groups in total. The lowest BCUT2D eigenvalue weighted by Crippen LogP contribution is -2.25. The van der Waals surface area contributed by atoms with Gasteiger partial charge in [0.1, 0.15) is 0 Å². The monoisotopic (exact) mass is 812 g/mol. The van der Waals surface area contributed by atoms with Crippen LogP contribution in [0.1, 0.15) is 0 Å². The highest BCUT2D eigenvalue weighted by molar-refractivity contribution is 7.48. The van der Waals surface area contributed by atoms with Crippen LogP contribution < -0.4 is 11.1 Å². The molecule has 296 valence electrons. The lowest BCUT2D eigenvalue weighted by Gasteiger charge is -2.18. The van der Waals surface area contributed by atoms with Crippen LogP contribution in [-0.2, 0) is 68.9 Å². The number of hydrogen-bond acceptors (Lipinski definition) is 18. The van der Waals surface area contributed by atoms with Gasteiger partial charge in [-0.05, 0) is 0 Å². The van der Waals surface area contributed by atoms with Crippen LogP contribution >= 0.6 is 31.3 Å². The van der Waals surface area contributed by atoms with E-state index in [1.54, 1.807) is 0 Å². The van der Waals surface area contributed by atoms with Gasteiger partial charge in [-0.2, -0.15) is 11.1 Å². The van der Waals surface area contributed by atoms with E-state index in [9.17, 15) is 41.9 Å². The van der Waals surface area contributed by atoms with Gasteiger partial charge in [0.25, 0.3) is 0 Å². The SMILES string of the molecule is O=P(O)(O)OCC(CNF)COP(=O)(O)OCCOCCOCCOP(=O)(O)OCCOCCOCCOP(=O)(O)OCC(CO)CNF. The average molecular weight is 812 g/mol. The highest BCUT2D eigenvalue weighted by Gasteiger charge is 2.26. The van der Waals surface area contributed by atoms with Gasteiger partial charge in [0, 0.05) is 31.5 Å². The summed E-state index contributed by atoms with van der Waals surface area (Å²) >= 11 is 0. The van der Waals surface area contributed by atoms with E-state index in [2.05, 4.69) is 22.6 Å². The molecule has 5 unspecified atom stereocenters. The van der Waals surface area contributed by atoms with E-state index in [4.69, 9.17) is 42.9 Å². The highest BCUT2D eigenvalue weighted by atomic mass is 31.2. The second-order valence-corrected chi connectivity index (χ2v) is 14.8. The summed E-state index contributed by atoms with van der Waals surface area (Å²) in [6.45, 7) is -4.54. The molecule has 23 nitrogen and oxygen atoms in total. The number of ether oxygens (including phenoxy) is 4. The minimum Gasteiger partial charge on any atom is -0.396 e. The molecule has 0 heterocycles. The Hall–Kier alpha value is 0.0200. The van der Waals surface area contributed by atoms with E-state index in [1.165, 1.54) is 11.1 Å². The predicted molar refractivity (Wildman–Crippen MR) is 159 cm³/mol. The Morgan fingerprint density at radius 3 is 1.06 bits per heavy atom. The number of nitrogens with one attached hydrogen (secondary N) is 2. The lowest BCUT2D eigenvalue weighted by atomic mass is 10.2. The zero-order chi connectivity index (χ0) is 37.1. The molecule has 5 atom stereocenters. The van der Waals surface area contributed by atoms with Crippen molar-refractivity contribution >= 4 is 31.3 Å². The maximum atomic E-state index is 12.3. The van der Waals surface area contributed by atoms with Crippen LogP contribution in [0, 0.1) is 11.8 Å². The zero-order valence-electron chi connectivity index (χ0n) is 26.2. The molecule has 0 saturated heterocycles. The van der Waals surface area contributed by atoms with Gasteiger partial charge in [0.15, 0.2) is 0 Å². The molecule has 0 aliphatic rings. The molecule has 0 aliphatic carbocycles. The number of phosphoric acid groups is 4. The first-order valence-corrected chi connectivity index (χ1v) is 20.2. The summed E-state index contributed by atoms with van der Waals surface area (Å²) in [6, 6.07) is 0. The van der Waals surface area contributed by atoms with Crippen molar-refractivity contribution in [2.24, 2.45) is 11.8 Å². The largest absolute Gasteiger partial charge is 0.472 e. The summed E-state index contributed by atoms with van der Waals surface area (Å²) in [7, 11) is -18.2. The van der Waals surface area contributed by atoms with Crippen molar-refractivity contribution in [1.29, 1.82) is 0 Å². The third-order valence-corrected chi connectivity index (χ3v) is 8.56. The van der Waals surface area contributed by atoms with Gasteiger partial charge >= 0.3 is 31.3 Å². The minimum atomic E-state index is -4.83. The topological polar surface area (TPSA) is 315 Å². The Balaban J connectivity index is 3.76. The van der Waals surface area contributed by atoms with Gasteiger partial charge in [-0.15, -0.1) is 8.96 Å². The van der Waals surface area contributed by atoms with Crippen molar-refractivity contribution in [3.05, 3.63) is 0 Å². The molecular formula is C20H46F2N2O21P4. The molecule has 0 spiro atoms. The predicted octanol–water partition coefficient (Wildman–Crippen LogP) is -0.264. The van der Waals surface area contributed by atoms with Crippen LogP contribution in [0.5, 0.6) is 0 Å². The van der Waals surface area contributed by atoms with Gasteiger partial charge in [-0.3, -0.25) is 31.7 Å². The van der Waals surface area contributed by atoms with Crippen molar-refractivity contribution in [3.8, 4) is 0 Å². The fraction of sp³-hybridized carbons (Fsp3) is 1.00. The van der Waals surface area contributed by atoms with Crippen LogP contribution in [0.3, 0.4) is 0 Å². The van der Waals surface area contributed by atoms with Crippen molar-refractivity contribution in [2.75, 3.05) is 119 Å². The second kappa shape index (κ2) is 28.5. The van der Waals surface area contributed by atoms with Crippen LogP contribution in [0.2, 0.25) is 0 Å². The van der Waals surface area contributed by atoms with E-state index >= 15 is 0 Å². The molecule has 0 radical (unpaired) electrons. The van der Waals surface area contributed by atoms with E-state index in [0.717, 1.165) is 0 Å². The van der Waals surface area contributed by atoms with Gasteiger partial charge in [0.2, 0.25) is 0 Å². The molecule has 0 saturated carbocycles. The van der Waals surface area contributed by atoms with E-state index < -0.39 is 76.1 Å². The van der Waals surface area contributed by atoms with Crippen molar-refractivity contribution < 1.29 is 107 Å². The minimum absolute atomic E-state index is 0.00838. The van der Waals surface area contributed by atoms with Gasteiger partial charge in [0.05, 0.1) is 99.1 Å². The molecule has 0 aromatic heterocycles. The van der Waals surface area contributed by atoms with Gasteiger partial charge in [-0.25, -0.2) is 18.3 Å². The Morgan fingerprint density at radius 1 is 0.449 bits per heavy atom. The molecule has 29 heteroatoms. The first kappa shape index (κ1) is 49.0. The summed E-state index contributed by atoms with van der Waals surface area (Å²) < 4.78 is 123. The van der Waals surface area contributed by atoms with Gasteiger partial charge < -0.3 is 48.5 Å². The Kier molecular flexibility index (Phi) is 28.5. The maximum absolute atomic E-state index is 12.3. The summed E-state index contributed by atoms with van der Waals surface area (Å²) in [4.78, 5) is 46.1. The summed E-state index contributed by atoms with van der Waals surface area (Å²) in [5.74, 6) is -1.77. The van der Waals surface area contributed by atoms with Crippen molar-refractivity contribution in [3.63, 3.8) is 0 Å². The molecule has 0 rings (SSSR count). The summed E-state index contributed by atoms with van der Waals surface area (Å²) in [6.07, 6.45) is 0. The van der Waals surface area contributed by atoms with Crippen molar-refractivity contribution in [2.45, 2.75) is 0 Å². The lowest BCUT2D eigenvalue weighted by molar-refractivity contribution is 0.0100. The van der Waals surface area contributed by atoms with E-state index in [1.807, 2.05) is 0 Å². The van der Waals surface area contributed by atoms with Crippen LogP contribution in [0.25, 0.3) is 0 Å². The first-order chi connectivity index (χ1) is 23.0. The Bertz CT molecular complexity index is 1020. The quantitative estimate of drug-likeness (QED) is 0.0229. The molecule has 0 fully saturated rings. The highest BCUT2D eigenvalue weighted by Crippen LogP contribution is 2.45. The first-order valence-electron chi connectivity index (χ1n) is 14.2. The Morgan fingerprint density at radius 2 is 0.735 bits per heavy atom. The standard InChI is InChI=1S/C20H46F2N2O21P4/c21-23-13-19(15-25)16-44-48(31,32)41-11-7-37-3-1-35-5-9-39-47(29,30)40-10-6-36-2-4-38-8-12-42-49(33,34)45-18-20(14-24-22)17-43-46(26,27)28/h19-20,23-25H,1-18H2,(H,29,30)(H,31,32)(H,33,34)(H2,26,27,28). The number of hydrogen-bond donors (Lipinski definition) is 8. The molecular weight excluding hydrogens is 766 g/mol. The number of aliphatic hydroxyl groups excluding tert-OH is 1. The molecule has 0 aromatic rings. The third kappa shape index (κ3) is 32.4. The van der Waals surface area contributed by atoms with Crippen molar-refractivity contribution in [1.82, 2.24) is 11.1 Å². The molecule has 0 aliphatic heterocycles. The average Bonchev–Trinajstić information content (AvgIpc) is 3.02. The number of phosphoric ester groups is 4. The Labute approximate surface area is 280 Å². The van der Waals surface area contributed by atoms with E-state index in [0.29, 0.717) is 0 Å². The third-order valence-electron chi connectivity index (χ3n) is 5.09. The van der Waals surface area contributed by atoms with E-state index in [-0.39, 0.29) is 85.8 Å². The smallest absolute Gasteiger partial charge is 0.396 e. The summed E-state index contributed by atoms with van der Waals surface area (Å²) in [5, 5.41) is 8.98. The van der Waals surface area contributed by atoms with Crippen LogP contribution in [0.4, 0.5) is 8.96 Å². The normalized spacial score (nSPS) is 17.3. The molecule has 0 aromatic carbocycles. The molecule has 49 heavy (non-hydrogen) atoms. The fourth-order valence-electron chi connectivity index (χ4n) is 2.76. The number of halogens is 2. The number of aliphatic hydroxyl groups is 1. The zero-order valence-corrected chi connectivity index (χ0v) is 29.8.